The van der Waals surface area contributed by atoms with Gasteiger partial charge >= 0.3 is 5.97 Å². The van der Waals surface area contributed by atoms with Crippen LogP contribution in [0.3, 0.4) is 0 Å². The highest BCUT2D eigenvalue weighted by atomic mass is 16.5. The van der Waals surface area contributed by atoms with Gasteiger partial charge in [-0.1, -0.05) is 19.0 Å². The van der Waals surface area contributed by atoms with Gasteiger partial charge in [0.15, 0.2) is 11.5 Å². The summed E-state index contributed by atoms with van der Waals surface area (Å²) >= 11 is 0. The fourth-order valence-corrected chi connectivity index (χ4v) is 3.28. The highest BCUT2D eigenvalue weighted by Crippen LogP contribution is 2.58. The van der Waals surface area contributed by atoms with Gasteiger partial charge in [0.25, 0.3) is 0 Å². The van der Waals surface area contributed by atoms with E-state index in [9.17, 15) is 9.59 Å². The summed E-state index contributed by atoms with van der Waals surface area (Å²) in [6.07, 6.45) is 0. The summed E-state index contributed by atoms with van der Waals surface area (Å²) < 4.78 is 15.6. The second-order valence-corrected chi connectivity index (χ2v) is 6.91. The van der Waals surface area contributed by atoms with Gasteiger partial charge in [0.05, 0.1) is 32.6 Å². The van der Waals surface area contributed by atoms with E-state index in [2.05, 4.69) is 15.5 Å². The molecule has 1 aromatic heterocycles. The SMILES string of the molecule is COc1ccc(-c2noc(CNC(=O)[C@H]3[C@H](C(=O)O)C3(C)C)n2)cc1OC. The maximum Gasteiger partial charge on any atom is 0.307 e. The van der Waals surface area contributed by atoms with Crippen LogP contribution in [0.5, 0.6) is 11.5 Å². The van der Waals surface area contributed by atoms with E-state index in [-0.39, 0.29) is 18.3 Å². The number of methoxy groups -OCH3 is 2. The lowest BCUT2D eigenvalue weighted by Crippen LogP contribution is -2.27. The molecule has 1 aliphatic rings. The molecule has 0 aliphatic heterocycles. The van der Waals surface area contributed by atoms with Gasteiger partial charge in [-0.25, -0.2) is 0 Å². The number of ether oxygens (including phenoxy) is 2. The molecule has 0 unspecified atom stereocenters. The van der Waals surface area contributed by atoms with Crippen molar-refractivity contribution in [3.8, 4) is 22.9 Å². The van der Waals surface area contributed by atoms with E-state index in [4.69, 9.17) is 19.1 Å². The number of carboxylic acid groups (broad SMARTS) is 1. The molecule has 1 amide bonds. The third kappa shape index (κ3) is 3.44. The Morgan fingerprint density at radius 3 is 2.52 bits per heavy atom. The first-order valence-electron chi connectivity index (χ1n) is 8.35. The van der Waals surface area contributed by atoms with Crippen molar-refractivity contribution in [2.45, 2.75) is 20.4 Å². The van der Waals surface area contributed by atoms with Crippen molar-refractivity contribution in [3.05, 3.63) is 24.1 Å². The number of amides is 1. The van der Waals surface area contributed by atoms with Gasteiger partial charge in [-0.15, -0.1) is 0 Å². The van der Waals surface area contributed by atoms with Crippen molar-refractivity contribution >= 4 is 11.9 Å². The standard InChI is InChI=1S/C18H21N3O6/c1-18(2)13(14(18)17(23)24)16(22)19-8-12-20-15(21-27-12)9-5-6-10(25-3)11(7-9)26-4/h5-7,13-14H,8H2,1-4H3,(H,19,22)(H,23,24)/t13-,14-/m1/s1. The van der Waals surface area contributed by atoms with Crippen molar-refractivity contribution in [2.75, 3.05) is 14.2 Å². The lowest BCUT2D eigenvalue weighted by Gasteiger charge is -2.07. The molecule has 2 atom stereocenters. The molecule has 2 aromatic rings. The smallest absolute Gasteiger partial charge is 0.307 e. The number of benzene rings is 1. The molecule has 0 spiro atoms. The monoisotopic (exact) mass is 375 g/mol. The first-order chi connectivity index (χ1) is 12.8. The van der Waals surface area contributed by atoms with E-state index in [0.29, 0.717) is 22.9 Å². The van der Waals surface area contributed by atoms with Crippen LogP contribution in [0.15, 0.2) is 22.7 Å². The lowest BCUT2D eigenvalue weighted by atomic mass is 10.1. The molecule has 0 radical (unpaired) electrons. The zero-order valence-electron chi connectivity index (χ0n) is 15.5. The summed E-state index contributed by atoms with van der Waals surface area (Å²) in [5.74, 6) is -0.867. The molecule has 1 aliphatic carbocycles. The topological polar surface area (TPSA) is 124 Å². The van der Waals surface area contributed by atoms with Gasteiger partial charge in [0.1, 0.15) is 0 Å². The zero-order valence-corrected chi connectivity index (χ0v) is 15.5. The van der Waals surface area contributed by atoms with Crippen LogP contribution in [0.25, 0.3) is 11.4 Å². The van der Waals surface area contributed by atoms with Gasteiger partial charge in [0, 0.05) is 5.56 Å². The Kier molecular flexibility index (Phi) is 4.77. The molecule has 2 N–H and O–H groups in total. The van der Waals surface area contributed by atoms with Crippen LogP contribution in [-0.2, 0) is 16.1 Å². The summed E-state index contributed by atoms with van der Waals surface area (Å²) in [5, 5.41) is 15.7. The highest BCUT2D eigenvalue weighted by Gasteiger charge is 2.65. The number of nitrogens with zero attached hydrogens (tertiary/aromatic N) is 2. The largest absolute Gasteiger partial charge is 0.493 e. The quantitative estimate of drug-likeness (QED) is 0.750. The van der Waals surface area contributed by atoms with Crippen LogP contribution < -0.4 is 14.8 Å². The molecule has 144 valence electrons. The minimum absolute atomic E-state index is 0.0258. The average Bonchev–Trinajstić information content (AvgIpc) is 2.99. The van der Waals surface area contributed by atoms with E-state index in [1.165, 1.54) is 7.11 Å². The van der Waals surface area contributed by atoms with Crippen LogP contribution in [-0.4, -0.2) is 41.3 Å². The summed E-state index contributed by atoms with van der Waals surface area (Å²) in [6.45, 7) is 3.55. The van der Waals surface area contributed by atoms with Crippen LogP contribution in [0.1, 0.15) is 19.7 Å². The van der Waals surface area contributed by atoms with Crippen LogP contribution in [0, 0.1) is 17.3 Å². The Hall–Kier alpha value is -3.10. The fraction of sp³-hybridized carbons (Fsp3) is 0.444. The molecule has 1 heterocycles. The maximum atomic E-state index is 12.2. The Bertz CT molecular complexity index is 876. The molecule has 0 bridgehead atoms. The number of rotatable bonds is 7. The molecular formula is C18H21N3O6. The average molecular weight is 375 g/mol. The van der Waals surface area contributed by atoms with Gasteiger partial charge in [-0.3, -0.25) is 9.59 Å². The molecule has 9 nitrogen and oxygen atoms in total. The number of hydrogen-bond donors (Lipinski definition) is 2. The number of carboxylic acids is 1. The second kappa shape index (κ2) is 6.90. The third-order valence-corrected chi connectivity index (χ3v) is 4.90. The van der Waals surface area contributed by atoms with E-state index in [1.807, 2.05) is 0 Å². The summed E-state index contributed by atoms with van der Waals surface area (Å²) in [7, 11) is 3.07. The lowest BCUT2D eigenvalue weighted by molar-refractivity contribution is -0.140. The Labute approximate surface area is 155 Å². The van der Waals surface area contributed by atoms with Gasteiger partial charge in [-0.2, -0.15) is 4.98 Å². The molecule has 1 fully saturated rings. The van der Waals surface area contributed by atoms with Crippen molar-refractivity contribution in [3.63, 3.8) is 0 Å². The minimum Gasteiger partial charge on any atom is -0.493 e. The van der Waals surface area contributed by atoms with E-state index in [0.717, 1.165) is 0 Å². The number of carbonyl (C=O) groups is 2. The van der Waals surface area contributed by atoms with Crippen LogP contribution >= 0.6 is 0 Å². The van der Waals surface area contributed by atoms with Gasteiger partial charge in [0.2, 0.25) is 17.6 Å². The number of hydrogen-bond acceptors (Lipinski definition) is 7. The molecule has 0 saturated heterocycles. The van der Waals surface area contributed by atoms with Crippen LogP contribution in [0.4, 0.5) is 0 Å². The van der Waals surface area contributed by atoms with Crippen molar-refractivity contribution < 1.29 is 28.7 Å². The Morgan fingerprint density at radius 2 is 1.93 bits per heavy atom. The number of aliphatic carboxylic acids is 1. The first kappa shape index (κ1) is 18.7. The molecule has 9 heteroatoms. The summed E-state index contributed by atoms with van der Waals surface area (Å²) in [4.78, 5) is 27.7. The molecule has 1 aromatic carbocycles. The third-order valence-electron chi connectivity index (χ3n) is 4.90. The number of aromatic nitrogens is 2. The van der Waals surface area contributed by atoms with Gasteiger partial charge in [-0.05, 0) is 23.6 Å². The zero-order chi connectivity index (χ0) is 19.8. The number of nitrogens with one attached hydrogen (secondary N) is 1. The van der Waals surface area contributed by atoms with E-state index >= 15 is 0 Å². The molecule has 1 saturated carbocycles. The Morgan fingerprint density at radius 1 is 1.22 bits per heavy atom. The minimum atomic E-state index is -0.964. The van der Waals surface area contributed by atoms with Crippen LogP contribution in [0.2, 0.25) is 0 Å². The predicted molar refractivity (Wildman–Crippen MR) is 93.1 cm³/mol. The van der Waals surface area contributed by atoms with E-state index in [1.54, 1.807) is 39.2 Å². The van der Waals surface area contributed by atoms with Crippen molar-refractivity contribution in [1.29, 1.82) is 0 Å². The van der Waals surface area contributed by atoms with Crippen molar-refractivity contribution in [2.24, 2.45) is 17.3 Å². The highest BCUT2D eigenvalue weighted by molar-refractivity contribution is 5.91. The fourth-order valence-electron chi connectivity index (χ4n) is 3.28. The number of carbonyl (C=O) groups excluding carboxylic acids is 1. The molecule has 3 rings (SSSR count). The first-order valence-corrected chi connectivity index (χ1v) is 8.35. The van der Waals surface area contributed by atoms with E-state index < -0.39 is 23.2 Å². The van der Waals surface area contributed by atoms with Crippen molar-refractivity contribution in [1.82, 2.24) is 15.5 Å². The molecular weight excluding hydrogens is 354 g/mol. The molecule has 27 heavy (non-hydrogen) atoms. The Balaban J connectivity index is 1.65. The summed E-state index contributed by atoms with van der Waals surface area (Å²) in [6, 6.07) is 5.21. The predicted octanol–water partition coefficient (Wildman–Crippen LogP) is 1.73. The van der Waals surface area contributed by atoms with Gasteiger partial charge < -0.3 is 24.4 Å². The second-order valence-electron chi connectivity index (χ2n) is 6.91. The summed E-state index contributed by atoms with van der Waals surface area (Å²) in [5.41, 5.74) is 0.110. The normalized spacial score (nSPS) is 20.0. The maximum absolute atomic E-state index is 12.2.